The van der Waals surface area contributed by atoms with Crippen molar-refractivity contribution in [3.63, 3.8) is 0 Å². The van der Waals surface area contributed by atoms with Gasteiger partial charge in [-0.25, -0.2) is 0 Å². The van der Waals surface area contributed by atoms with Gasteiger partial charge in [0, 0.05) is 10.4 Å². The lowest BCUT2D eigenvalue weighted by atomic mass is 10.0. The summed E-state index contributed by atoms with van der Waals surface area (Å²) in [5.41, 5.74) is 3.37. The van der Waals surface area contributed by atoms with Crippen molar-refractivity contribution in [2.75, 3.05) is 0 Å². The van der Waals surface area contributed by atoms with Gasteiger partial charge >= 0.3 is 0 Å². The average Bonchev–Trinajstić information content (AvgIpc) is 3.16. The molecule has 0 aliphatic heterocycles. The Kier molecular flexibility index (Phi) is 10.9. The van der Waals surface area contributed by atoms with Crippen LogP contribution in [0.1, 0.15) is 104 Å². The van der Waals surface area contributed by atoms with Crippen LogP contribution in [0.5, 0.6) is 0 Å². The Morgan fingerprint density at radius 3 is 2.07 bits per heavy atom. The zero-order chi connectivity index (χ0) is 20.0. The number of thiophene rings is 1. The topological polar surface area (TPSA) is 17.1 Å². The SMILES string of the molecule is CCCCCCCCCCCCc1csc(C=Cc2ccc(C(C)=O)cc2)c1. The predicted molar refractivity (Wildman–Crippen MR) is 125 cm³/mol. The van der Waals surface area contributed by atoms with Crippen molar-refractivity contribution >= 4 is 29.3 Å². The Morgan fingerprint density at radius 1 is 0.857 bits per heavy atom. The number of hydrogen-bond donors (Lipinski definition) is 0. The number of ketones is 1. The predicted octanol–water partition coefficient (Wildman–Crippen LogP) is 8.58. The van der Waals surface area contributed by atoms with Gasteiger partial charge in [-0.2, -0.15) is 0 Å². The highest BCUT2D eigenvalue weighted by atomic mass is 32.1. The van der Waals surface area contributed by atoms with Crippen LogP contribution in [0.4, 0.5) is 0 Å². The fourth-order valence-electron chi connectivity index (χ4n) is 3.44. The van der Waals surface area contributed by atoms with Crippen LogP contribution in [0, 0.1) is 0 Å². The first-order valence-corrected chi connectivity index (χ1v) is 11.9. The lowest BCUT2D eigenvalue weighted by molar-refractivity contribution is 0.101. The summed E-state index contributed by atoms with van der Waals surface area (Å²) in [6.45, 7) is 3.88. The van der Waals surface area contributed by atoms with Gasteiger partial charge in [-0.15, -0.1) is 11.3 Å². The van der Waals surface area contributed by atoms with Crippen LogP contribution in [-0.2, 0) is 6.42 Å². The molecule has 2 heteroatoms. The molecule has 152 valence electrons. The zero-order valence-corrected chi connectivity index (χ0v) is 18.5. The Hall–Kier alpha value is -1.67. The van der Waals surface area contributed by atoms with Crippen molar-refractivity contribution in [2.24, 2.45) is 0 Å². The van der Waals surface area contributed by atoms with Crippen LogP contribution >= 0.6 is 11.3 Å². The van der Waals surface area contributed by atoms with Crippen molar-refractivity contribution in [1.29, 1.82) is 0 Å². The fourth-order valence-corrected chi connectivity index (χ4v) is 4.28. The van der Waals surface area contributed by atoms with Crippen LogP contribution in [0.15, 0.2) is 35.7 Å². The van der Waals surface area contributed by atoms with Gasteiger partial charge < -0.3 is 0 Å². The second-order valence-electron chi connectivity index (χ2n) is 7.80. The summed E-state index contributed by atoms with van der Waals surface area (Å²) < 4.78 is 0. The molecule has 0 aliphatic carbocycles. The first kappa shape index (κ1) is 22.6. The zero-order valence-electron chi connectivity index (χ0n) is 17.7. The molecule has 1 nitrogen and oxygen atoms in total. The molecule has 0 unspecified atom stereocenters. The third-order valence-electron chi connectivity index (χ3n) is 5.25. The summed E-state index contributed by atoms with van der Waals surface area (Å²) in [5.74, 6) is 0.116. The monoisotopic (exact) mass is 396 g/mol. The normalized spacial score (nSPS) is 11.4. The molecule has 1 heterocycles. The number of hydrogen-bond acceptors (Lipinski definition) is 2. The number of Topliss-reactive ketones (excluding diaryl/α,β-unsaturated/α-hetero) is 1. The van der Waals surface area contributed by atoms with Crippen molar-refractivity contribution in [3.8, 4) is 0 Å². The van der Waals surface area contributed by atoms with Gasteiger partial charge in [0.05, 0.1) is 0 Å². The van der Waals surface area contributed by atoms with E-state index in [4.69, 9.17) is 0 Å². The van der Waals surface area contributed by atoms with Crippen LogP contribution in [0.2, 0.25) is 0 Å². The van der Waals surface area contributed by atoms with Gasteiger partial charge in [0.2, 0.25) is 0 Å². The molecule has 0 N–H and O–H groups in total. The second kappa shape index (κ2) is 13.5. The van der Waals surface area contributed by atoms with E-state index in [2.05, 4.69) is 30.5 Å². The Balaban J connectivity index is 1.61. The average molecular weight is 397 g/mol. The summed E-state index contributed by atoms with van der Waals surface area (Å²) in [4.78, 5) is 12.6. The van der Waals surface area contributed by atoms with Crippen molar-refractivity contribution in [3.05, 3.63) is 57.3 Å². The molecule has 0 aliphatic rings. The third-order valence-corrected chi connectivity index (χ3v) is 6.20. The fraction of sp³-hybridized carbons (Fsp3) is 0.500. The molecule has 0 atom stereocenters. The molecule has 0 bridgehead atoms. The highest BCUT2D eigenvalue weighted by Gasteiger charge is 2.00. The second-order valence-corrected chi connectivity index (χ2v) is 8.74. The Bertz CT molecular complexity index is 708. The van der Waals surface area contributed by atoms with E-state index in [1.807, 2.05) is 35.6 Å². The highest BCUT2D eigenvalue weighted by Crippen LogP contribution is 2.20. The van der Waals surface area contributed by atoms with Gasteiger partial charge in [0.1, 0.15) is 0 Å². The standard InChI is InChI=1S/C26H36OS/c1-3-4-5-6-7-8-9-10-11-12-13-24-20-26(28-21-24)19-16-23-14-17-25(18-15-23)22(2)27/h14-21H,3-13H2,1-2H3. The molecular weight excluding hydrogens is 360 g/mol. The lowest BCUT2D eigenvalue weighted by Gasteiger charge is -2.02. The summed E-state index contributed by atoms with van der Waals surface area (Å²) in [6, 6.07) is 10.1. The first-order valence-electron chi connectivity index (χ1n) is 11.1. The minimum atomic E-state index is 0.116. The van der Waals surface area contributed by atoms with E-state index < -0.39 is 0 Å². The molecule has 1 aromatic heterocycles. The lowest BCUT2D eigenvalue weighted by Crippen LogP contribution is -1.90. The summed E-state index contributed by atoms with van der Waals surface area (Å²) in [5, 5.41) is 2.30. The largest absolute Gasteiger partial charge is 0.295 e. The molecule has 0 radical (unpaired) electrons. The van der Waals surface area contributed by atoms with Gasteiger partial charge in [0.15, 0.2) is 5.78 Å². The van der Waals surface area contributed by atoms with E-state index in [1.165, 1.54) is 81.1 Å². The van der Waals surface area contributed by atoms with E-state index in [-0.39, 0.29) is 5.78 Å². The number of unbranched alkanes of at least 4 members (excludes halogenated alkanes) is 9. The Labute approximate surface area is 175 Å². The summed E-state index contributed by atoms with van der Waals surface area (Å²) in [7, 11) is 0. The first-order chi connectivity index (χ1) is 13.7. The van der Waals surface area contributed by atoms with Crippen LogP contribution in [0.25, 0.3) is 12.2 Å². The van der Waals surface area contributed by atoms with Crippen LogP contribution < -0.4 is 0 Å². The van der Waals surface area contributed by atoms with Gasteiger partial charge in [-0.05, 0) is 48.4 Å². The molecule has 1 aromatic carbocycles. The Morgan fingerprint density at radius 2 is 1.46 bits per heavy atom. The van der Waals surface area contributed by atoms with E-state index >= 15 is 0 Å². The third kappa shape index (κ3) is 9.01. The van der Waals surface area contributed by atoms with Crippen LogP contribution in [0.3, 0.4) is 0 Å². The number of carbonyl (C=O) groups excluding carboxylic acids is 1. The molecule has 2 aromatic rings. The molecule has 0 fully saturated rings. The van der Waals surface area contributed by atoms with Crippen molar-refractivity contribution < 1.29 is 4.79 Å². The molecule has 0 saturated heterocycles. The summed E-state index contributed by atoms with van der Waals surface area (Å²) >= 11 is 1.82. The maximum atomic E-state index is 11.3. The van der Waals surface area contributed by atoms with Crippen LogP contribution in [-0.4, -0.2) is 5.78 Å². The molecule has 2 rings (SSSR count). The van der Waals surface area contributed by atoms with Gasteiger partial charge in [-0.1, -0.05) is 95.1 Å². The minimum absolute atomic E-state index is 0.116. The van der Waals surface area contributed by atoms with E-state index in [1.54, 1.807) is 6.92 Å². The maximum Gasteiger partial charge on any atom is 0.159 e. The van der Waals surface area contributed by atoms with Gasteiger partial charge in [0.25, 0.3) is 0 Å². The minimum Gasteiger partial charge on any atom is -0.295 e. The van der Waals surface area contributed by atoms with E-state index in [0.717, 1.165) is 11.1 Å². The smallest absolute Gasteiger partial charge is 0.159 e. The quantitative estimate of drug-likeness (QED) is 0.231. The molecule has 0 amide bonds. The highest BCUT2D eigenvalue weighted by molar-refractivity contribution is 7.11. The van der Waals surface area contributed by atoms with Gasteiger partial charge in [-0.3, -0.25) is 4.79 Å². The number of rotatable bonds is 14. The maximum absolute atomic E-state index is 11.3. The number of benzene rings is 1. The van der Waals surface area contributed by atoms with Crippen molar-refractivity contribution in [2.45, 2.75) is 84.5 Å². The molecule has 28 heavy (non-hydrogen) atoms. The van der Waals surface area contributed by atoms with E-state index in [0.29, 0.717) is 0 Å². The van der Waals surface area contributed by atoms with E-state index in [9.17, 15) is 4.79 Å². The molecule has 0 spiro atoms. The number of carbonyl (C=O) groups is 1. The number of aryl methyl sites for hydroxylation is 1. The van der Waals surface area contributed by atoms with Crippen molar-refractivity contribution in [1.82, 2.24) is 0 Å². The molecular formula is C26H36OS. The molecule has 0 saturated carbocycles. The summed E-state index contributed by atoms with van der Waals surface area (Å²) in [6.07, 6.45) is 19.4.